The highest BCUT2D eigenvalue weighted by Crippen LogP contribution is 2.33. The molecule has 1 unspecified atom stereocenters. The number of nitrogens with one attached hydrogen (secondary N) is 1. The van der Waals surface area contributed by atoms with Gasteiger partial charge in [0.25, 0.3) is 0 Å². The molecule has 2 aromatic rings. The Morgan fingerprint density at radius 2 is 1.47 bits per heavy atom. The van der Waals surface area contributed by atoms with Gasteiger partial charge < -0.3 is 26.0 Å². The molecule has 0 bridgehead atoms. The number of benzene rings is 2. The SMILES string of the molecule is CC(N)c1ccccc1.CCCCC(=O)N1CCC(c2ccc(C(F)(F)F)cc2)CC1.CCNC(C)C.CN1CCC(C(=O)O)CC1. The Bertz CT molecular complexity index is 1110. The molecule has 2 aromatic carbocycles. The predicted molar refractivity (Wildman–Crippen MR) is 185 cm³/mol. The second-order valence-electron chi connectivity index (χ2n) is 12.7. The number of alkyl halides is 3. The van der Waals surface area contributed by atoms with Crippen LogP contribution in [0.15, 0.2) is 54.6 Å². The van der Waals surface area contributed by atoms with Crippen LogP contribution in [0.4, 0.5) is 13.2 Å². The lowest BCUT2D eigenvalue weighted by Gasteiger charge is -2.32. The zero-order valence-corrected chi connectivity index (χ0v) is 29.4. The maximum absolute atomic E-state index is 12.6. The van der Waals surface area contributed by atoms with Crippen molar-refractivity contribution in [1.82, 2.24) is 15.1 Å². The van der Waals surface area contributed by atoms with E-state index in [2.05, 4.69) is 37.9 Å². The van der Waals surface area contributed by atoms with Crippen LogP contribution in [0.25, 0.3) is 0 Å². The average molecular weight is 665 g/mol. The summed E-state index contributed by atoms with van der Waals surface area (Å²) in [6, 6.07) is 16.3. The van der Waals surface area contributed by atoms with Crippen LogP contribution >= 0.6 is 0 Å². The van der Waals surface area contributed by atoms with Crippen LogP contribution in [-0.4, -0.2) is 72.6 Å². The van der Waals surface area contributed by atoms with E-state index in [1.807, 2.05) is 49.2 Å². The molecule has 47 heavy (non-hydrogen) atoms. The molecular weight excluding hydrogens is 605 g/mol. The zero-order chi connectivity index (χ0) is 35.4. The van der Waals surface area contributed by atoms with Gasteiger partial charge in [-0.2, -0.15) is 13.2 Å². The van der Waals surface area contributed by atoms with Crippen LogP contribution in [0.1, 0.15) is 108 Å². The Hall–Kier alpha value is -2.95. The maximum atomic E-state index is 12.6. The molecule has 4 rings (SSSR count). The third-order valence-corrected chi connectivity index (χ3v) is 8.31. The van der Waals surface area contributed by atoms with Gasteiger partial charge in [0.1, 0.15) is 0 Å². The van der Waals surface area contributed by atoms with Crippen molar-refractivity contribution in [1.29, 1.82) is 0 Å². The van der Waals surface area contributed by atoms with Crippen molar-refractivity contribution in [3.63, 3.8) is 0 Å². The number of aliphatic carboxylic acids is 1. The van der Waals surface area contributed by atoms with E-state index >= 15 is 0 Å². The Balaban J connectivity index is 0.000000364. The molecule has 2 aliphatic rings. The van der Waals surface area contributed by atoms with E-state index in [4.69, 9.17) is 10.8 Å². The summed E-state index contributed by atoms with van der Waals surface area (Å²) >= 11 is 0. The third-order valence-electron chi connectivity index (χ3n) is 8.31. The molecule has 7 nitrogen and oxygen atoms in total. The molecule has 1 amide bonds. The van der Waals surface area contributed by atoms with Crippen LogP contribution in [0.3, 0.4) is 0 Å². The number of carbonyl (C=O) groups excluding carboxylic acids is 1. The molecule has 0 spiro atoms. The fraction of sp³-hybridized carbons (Fsp3) is 0.622. The van der Waals surface area contributed by atoms with Gasteiger partial charge in [0.05, 0.1) is 11.5 Å². The number of amides is 1. The van der Waals surface area contributed by atoms with Crippen molar-refractivity contribution in [3.8, 4) is 0 Å². The fourth-order valence-electron chi connectivity index (χ4n) is 5.31. The van der Waals surface area contributed by atoms with E-state index in [0.717, 1.165) is 75.9 Å². The van der Waals surface area contributed by atoms with E-state index < -0.39 is 17.7 Å². The minimum atomic E-state index is -4.28. The molecule has 0 saturated carbocycles. The number of hydrogen-bond donors (Lipinski definition) is 3. The second kappa shape index (κ2) is 22.6. The van der Waals surface area contributed by atoms with Crippen LogP contribution < -0.4 is 11.1 Å². The Kier molecular flexibility index (Phi) is 20.2. The van der Waals surface area contributed by atoms with Gasteiger partial charge in [0.15, 0.2) is 0 Å². The van der Waals surface area contributed by atoms with Gasteiger partial charge in [-0.05, 0) is 94.9 Å². The summed E-state index contributed by atoms with van der Waals surface area (Å²) in [7, 11) is 2.03. The van der Waals surface area contributed by atoms with Crippen LogP contribution in [0.2, 0.25) is 0 Å². The summed E-state index contributed by atoms with van der Waals surface area (Å²) in [6.07, 6.45) is 1.50. The van der Waals surface area contributed by atoms with E-state index in [1.54, 1.807) is 12.1 Å². The predicted octanol–water partition coefficient (Wildman–Crippen LogP) is 7.73. The van der Waals surface area contributed by atoms with Crippen molar-refractivity contribution in [2.75, 3.05) is 39.8 Å². The number of nitrogens with two attached hydrogens (primary N) is 1. The standard InChI is InChI=1S/C17H22F3NO.C8H11N.C7H13NO2.C5H13N/c1-2-3-4-16(22)21-11-9-14(10-12-21)13-5-7-15(8-6-13)17(18,19)20;1-7(9)8-5-3-2-4-6-8;1-8-4-2-6(3-5-8)7(9)10;1-4-6-5(2)3/h5-8,14H,2-4,9-12H2,1H3;2-7H,9H2,1H3;6H,2-5H2,1H3,(H,9,10);5-6H,4H2,1-3H3. The number of hydrogen-bond acceptors (Lipinski definition) is 5. The molecule has 4 N–H and O–H groups in total. The number of carbonyl (C=O) groups is 2. The third kappa shape index (κ3) is 17.7. The molecule has 1 atom stereocenters. The maximum Gasteiger partial charge on any atom is 0.416 e. The summed E-state index contributed by atoms with van der Waals surface area (Å²) in [4.78, 5) is 26.4. The van der Waals surface area contributed by atoms with E-state index in [-0.39, 0.29) is 23.8 Å². The van der Waals surface area contributed by atoms with Crippen molar-refractivity contribution in [2.24, 2.45) is 11.7 Å². The van der Waals surface area contributed by atoms with Crippen molar-refractivity contribution < 1.29 is 27.9 Å². The first-order valence-electron chi connectivity index (χ1n) is 17.1. The lowest BCUT2D eigenvalue weighted by atomic mass is 9.89. The molecule has 0 aromatic heterocycles. The molecule has 2 saturated heterocycles. The normalized spacial score (nSPS) is 16.5. The number of likely N-dealkylation sites (tertiary alicyclic amines) is 2. The topological polar surface area (TPSA) is 98.9 Å². The monoisotopic (exact) mass is 664 g/mol. The van der Waals surface area contributed by atoms with Gasteiger partial charge in [0, 0.05) is 31.6 Å². The number of halogens is 3. The molecule has 0 radical (unpaired) electrons. The number of nitrogens with zero attached hydrogens (tertiary/aromatic N) is 2. The highest BCUT2D eigenvalue weighted by molar-refractivity contribution is 5.76. The van der Waals surface area contributed by atoms with Gasteiger partial charge >= 0.3 is 12.1 Å². The van der Waals surface area contributed by atoms with Gasteiger partial charge in [0.2, 0.25) is 5.91 Å². The Morgan fingerprint density at radius 1 is 0.915 bits per heavy atom. The van der Waals surface area contributed by atoms with E-state index in [0.29, 0.717) is 25.6 Å². The number of unbranched alkanes of at least 4 members (excludes halogenated alkanes) is 1. The zero-order valence-electron chi connectivity index (χ0n) is 29.4. The molecule has 2 heterocycles. The second-order valence-corrected chi connectivity index (χ2v) is 12.7. The smallest absolute Gasteiger partial charge is 0.416 e. The van der Waals surface area contributed by atoms with Crippen LogP contribution in [0, 0.1) is 5.92 Å². The van der Waals surface area contributed by atoms with Gasteiger partial charge in [-0.3, -0.25) is 9.59 Å². The van der Waals surface area contributed by atoms with Crippen molar-refractivity contribution >= 4 is 11.9 Å². The Morgan fingerprint density at radius 3 is 1.85 bits per heavy atom. The molecule has 0 aliphatic carbocycles. The van der Waals surface area contributed by atoms with E-state index in [1.165, 1.54) is 5.56 Å². The summed E-state index contributed by atoms with van der Waals surface area (Å²) in [5, 5.41) is 11.8. The van der Waals surface area contributed by atoms with Gasteiger partial charge in [-0.1, -0.05) is 76.6 Å². The number of piperidine rings is 2. The minimum absolute atomic E-state index is 0.0869. The van der Waals surface area contributed by atoms with Crippen LogP contribution in [-0.2, 0) is 15.8 Å². The first-order valence-corrected chi connectivity index (χ1v) is 17.1. The molecule has 266 valence electrons. The largest absolute Gasteiger partial charge is 0.481 e. The number of carboxylic acid groups (broad SMARTS) is 1. The molecule has 2 aliphatic heterocycles. The van der Waals surface area contributed by atoms with Crippen molar-refractivity contribution in [3.05, 3.63) is 71.3 Å². The summed E-state index contributed by atoms with van der Waals surface area (Å²) < 4.78 is 37.7. The summed E-state index contributed by atoms with van der Waals surface area (Å²) in [6.45, 7) is 14.8. The quantitative estimate of drug-likeness (QED) is 0.267. The Labute approximate surface area is 281 Å². The average Bonchev–Trinajstić information content (AvgIpc) is 3.05. The lowest BCUT2D eigenvalue weighted by molar-refractivity contribution is -0.143. The van der Waals surface area contributed by atoms with Crippen LogP contribution in [0.5, 0.6) is 0 Å². The minimum Gasteiger partial charge on any atom is -0.481 e. The number of rotatable bonds is 8. The fourth-order valence-corrected chi connectivity index (χ4v) is 5.31. The molecular formula is C37H59F3N4O3. The van der Waals surface area contributed by atoms with Crippen molar-refractivity contribution in [2.45, 2.75) is 104 Å². The number of carboxylic acids is 1. The van der Waals surface area contributed by atoms with Gasteiger partial charge in [-0.25, -0.2) is 0 Å². The summed E-state index contributed by atoms with van der Waals surface area (Å²) in [5.74, 6) is -0.269. The molecule has 10 heteroatoms. The van der Waals surface area contributed by atoms with E-state index in [9.17, 15) is 22.8 Å². The highest BCUT2D eigenvalue weighted by atomic mass is 19.4. The summed E-state index contributed by atoms with van der Waals surface area (Å²) in [5.41, 5.74) is 7.14. The first-order chi connectivity index (χ1) is 22.2. The lowest BCUT2D eigenvalue weighted by Crippen LogP contribution is -2.37. The van der Waals surface area contributed by atoms with Gasteiger partial charge in [-0.15, -0.1) is 0 Å². The highest BCUT2D eigenvalue weighted by Gasteiger charge is 2.31. The molecule has 2 fully saturated rings. The first kappa shape index (κ1) is 42.1.